The van der Waals surface area contributed by atoms with Crippen LogP contribution in [0.4, 0.5) is 0 Å². The first-order chi connectivity index (χ1) is 15.5. The number of benzene rings is 1. The molecule has 0 bridgehead atoms. The van der Waals surface area contributed by atoms with Crippen molar-refractivity contribution in [2.45, 2.75) is 26.7 Å². The van der Waals surface area contributed by atoms with Gasteiger partial charge in [-0.2, -0.15) is 0 Å². The lowest BCUT2D eigenvalue weighted by Gasteiger charge is -2.38. The number of piperidine rings is 1. The molecule has 0 unspecified atom stereocenters. The molecule has 7 heteroatoms. The number of hydrogen-bond donors (Lipinski definition) is 2. The van der Waals surface area contributed by atoms with E-state index in [1.165, 1.54) is 17.4 Å². The molecular weight excluding hydrogens is 402 g/mol. The monoisotopic (exact) mass is 439 g/mol. The molecule has 2 aliphatic rings. The van der Waals surface area contributed by atoms with Crippen LogP contribution in [-0.4, -0.2) is 90.4 Å². The summed E-state index contributed by atoms with van der Waals surface area (Å²) in [5, 5.41) is 4.28. The van der Waals surface area contributed by atoms with Crippen LogP contribution in [0.15, 0.2) is 30.5 Å². The maximum absolute atomic E-state index is 12.7. The van der Waals surface area contributed by atoms with E-state index >= 15 is 0 Å². The largest absolute Gasteiger partial charge is 0.361 e. The lowest BCUT2D eigenvalue weighted by atomic mass is 9.92. The topological polar surface area (TPSA) is 71.7 Å². The van der Waals surface area contributed by atoms with E-state index < -0.39 is 0 Å². The quantitative estimate of drug-likeness (QED) is 0.692. The first kappa shape index (κ1) is 22.8. The fourth-order valence-electron chi connectivity index (χ4n) is 5.20. The van der Waals surface area contributed by atoms with Crippen LogP contribution in [-0.2, 0) is 16.0 Å². The highest BCUT2D eigenvalue weighted by Crippen LogP contribution is 2.21. The standard InChI is InChI=1S/C25H37N5O2/c1-19-13-20(2)16-30(15-19)25(32)18-29-11-9-28(10-12-29)17-24(31)26-8-7-21-14-27-23-6-4-3-5-22(21)23/h3-6,14,19-20,27H,7-13,15-18H2,1-2H3,(H,26,31)/t19-,20-/m0/s1. The summed E-state index contributed by atoms with van der Waals surface area (Å²) in [7, 11) is 0. The Labute approximate surface area is 191 Å². The summed E-state index contributed by atoms with van der Waals surface area (Å²) in [6.07, 6.45) is 4.06. The van der Waals surface area contributed by atoms with Crippen molar-refractivity contribution in [2.75, 3.05) is 58.9 Å². The number of carbonyl (C=O) groups is 2. The summed E-state index contributed by atoms with van der Waals surface area (Å²) in [5.74, 6) is 1.51. The number of aromatic nitrogens is 1. The molecule has 1 aromatic heterocycles. The zero-order valence-corrected chi connectivity index (χ0v) is 19.5. The molecule has 0 saturated carbocycles. The van der Waals surface area contributed by atoms with Gasteiger partial charge in [0.05, 0.1) is 13.1 Å². The number of likely N-dealkylation sites (tertiary alicyclic amines) is 1. The van der Waals surface area contributed by atoms with Crippen molar-refractivity contribution in [3.63, 3.8) is 0 Å². The maximum Gasteiger partial charge on any atom is 0.236 e. The van der Waals surface area contributed by atoms with Crippen LogP contribution in [0.25, 0.3) is 10.9 Å². The molecule has 2 atom stereocenters. The van der Waals surface area contributed by atoms with Crippen LogP contribution < -0.4 is 5.32 Å². The molecule has 174 valence electrons. The van der Waals surface area contributed by atoms with Crippen molar-refractivity contribution >= 4 is 22.7 Å². The van der Waals surface area contributed by atoms with Gasteiger partial charge in [-0.3, -0.25) is 19.4 Å². The molecule has 2 N–H and O–H groups in total. The average molecular weight is 440 g/mol. The molecule has 4 rings (SSSR count). The number of carbonyl (C=O) groups excluding carboxylic acids is 2. The summed E-state index contributed by atoms with van der Waals surface area (Å²) in [5.41, 5.74) is 2.37. The number of amides is 2. The zero-order chi connectivity index (χ0) is 22.5. The predicted octanol–water partition coefficient (Wildman–Crippen LogP) is 1.95. The van der Waals surface area contributed by atoms with Gasteiger partial charge in [-0.05, 0) is 36.3 Å². The summed E-state index contributed by atoms with van der Waals surface area (Å²) in [6, 6.07) is 8.24. The lowest BCUT2D eigenvalue weighted by Crippen LogP contribution is -2.53. The second-order valence-electron chi connectivity index (χ2n) is 9.76. The number of nitrogens with one attached hydrogen (secondary N) is 2. The molecule has 2 saturated heterocycles. The first-order valence-electron chi connectivity index (χ1n) is 12.0. The number of para-hydroxylation sites is 1. The van der Waals surface area contributed by atoms with E-state index in [1.807, 2.05) is 23.2 Å². The Bertz CT molecular complexity index is 908. The number of piperazine rings is 1. The Morgan fingerprint density at radius 1 is 1.00 bits per heavy atom. The van der Waals surface area contributed by atoms with E-state index in [2.05, 4.69) is 46.1 Å². The molecule has 2 amide bonds. The molecule has 1 aromatic carbocycles. The molecule has 0 spiro atoms. The molecular formula is C25H37N5O2. The molecule has 0 radical (unpaired) electrons. The van der Waals surface area contributed by atoms with Crippen molar-refractivity contribution in [1.82, 2.24) is 25.0 Å². The number of hydrogen-bond acceptors (Lipinski definition) is 4. The fourth-order valence-corrected chi connectivity index (χ4v) is 5.20. The number of nitrogens with zero attached hydrogens (tertiary/aromatic N) is 3. The molecule has 7 nitrogen and oxygen atoms in total. The molecule has 0 aliphatic carbocycles. The minimum Gasteiger partial charge on any atom is -0.361 e. The number of aromatic amines is 1. The summed E-state index contributed by atoms with van der Waals surface area (Å²) in [6.45, 7) is 11.2. The van der Waals surface area contributed by atoms with Crippen molar-refractivity contribution in [2.24, 2.45) is 11.8 Å². The smallest absolute Gasteiger partial charge is 0.236 e. The number of H-pyrrole nitrogens is 1. The van der Waals surface area contributed by atoms with Crippen LogP contribution >= 0.6 is 0 Å². The lowest BCUT2D eigenvalue weighted by molar-refractivity contribution is -0.135. The van der Waals surface area contributed by atoms with Gasteiger partial charge >= 0.3 is 0 Å². The van der Waals surface area contributed by atoms with Gasteiger partial charge in [-0.15, -0.1) is 0 Å². The van der Waals surface area contributed by atoms with E-state index in [1.54, 1.807) is 0 Å². The summed E-state index contributed by atoms with van der Waals surface area (Å²) >= 11 is 0. The summed E-state index contributed by atoms with van der Waals surface area (Å²) < 4.78 is 0. The average Bonchev–Trinajstić information content (AvgIpc) is 3.17. The number of fused-ring (bicyclic) bond motifs is 1. The molecule has 32 heavy (non-hydrogen) atoms. The Hall–Kier alpha value is -2.38. The van der Waals surface area contributed by atoms with Gasteiger partial charge in [0, 0.05) is 62.9 Å². The van der Waals surface area contributed by atoms with Crippen LogP contribution in [0.1, 0.15) is 25.8 Å². The van der Waals surface area contributed by atoms with Gasteiger partial charge in [0.2, 0.25) is 11.8 Å². The van der Waals surface area contributed by atoms with Gasteiger partial charge in [0.25, 0.3) is 0 Å². The van der Waals surface area contributed by atoms with Gasteiger partial charge in [-0.25, -0.2) is 0 Å². The Balaban J connectivity index is 1.14. The minimum absolute atomic E-state index is 0.0747. The van der Waals surface area contributed by atoms with E-state index in [0.29, 0.717) is 31.5 Å². The van der Waals surface area contributed by atoms with E-state index in [9.17, 15) is 9.59 Å². The van der Waals surface area contributed by atoms with Gasteiger partial charge in [0.1, 0.15) is 0 Å². The van der Waals surface area contributed by atoms with Crippen LogP contribution in [0.2, 0.25) is 0 Å². The van der Waals surface area contributed by atoms with Crippen molar-refractivity contribution in [3.05, 3.63) is 36.0 Å². The Kier molecular flexibility index (Phi) is 7.48. The van der Waals surface area contributed by atoms with Gasteiger partial charge < -0.3 is 15.2 Å². The van der Waals surface area contributed by atoms with Crippen LogP contribution in [0.3, 0.4) is 0 Å². The van der Waals surface area contributed by atoms with E-state index in [-0.39, 0.29) is 11.8 Å². The summed E-state index contributed by atoms with van der Waals surface area (Å²) in [4.78, 5) is 34.9. The Morgan fingerprint density at radius 2 is 1.66 bits per heavy atom. The van der Waals surface area contributed by atoms with Crippen molar-refractivity contribution in [3.8, 4) is 0 Å². The van der Waals surface area contributed by atoms with Gasteiger partial charge in [-0.1, -0.05) is 32.0 Å². The molecule has 2 fully saturated rings. The predicted molar refractivity (Wildman–Crippen MR) is 127 cm³/mol. The second kappa shape index (κ2) is 10.5. The van der Waals surface area contributed by atoms with E-state index in [0.717, 1.165) is 51.2 Å². The third kappa shape index (κ3) is 5.90. The van der Waals surface area contributed by atoms with Crippen LogP contribution in [0.5, 0.6) is 0 Å². The fraction of sp³-hybridized carbons (Fsp3) is 0.600. The van der Waals surface area contributed by atoms with Crippen molar-refractivity contribution < 1.29 is 9.59 Å². The molecule has 2 aromatic rings. The van der Waals surface area contributed by atoms with Crippen LogP contribution in [0, 0.1) is 11.8 Å². The number of rotatable bonds is 7. The normalized spacial score (nSPS) is 22.9. The third-order valence-corrected chi connectivity index (χ3v) is 6.80. The Morgan fingerprint density at radius 3 is 2.38 bits per heavy atom. The van der Waals surface area contributed by atoms with E-state index in [4.69, 9.17) is 0 Å². The molecule has 2 aliphatic heterocycles. The highest BCUT2D eigenvalue weighted by molar-refractivity contribution is 5.83. The highest BCUT2D eigenvalue weighted by atomic mass is 16.2. The van der Waals surface area contributed by atoms with Gasteiger partial charge in [0.15, 0.2) is 0 Å². The second-order valence-corrected chi connectivity index (χ2v) is 9.76. The maximum atomic E-state index is 12.7. The third-order valence-electron chi connectivity index (χ3n) is 6.80. The minimum atomic E-state index is 0.0747. The first-order valence-corrected chi connectivity index (χ1v) is 12.0. The highest BCUT2D eigenvalue weighted by Gasteiger charge is 2.27. The van der Waals surface area contributed by atoms with Crippen molar-refractivity contribution in [1.29, 1.82) is 0 Å². The SMILES string of the molecule is C[C@H]1C[C@H](C)CN(C(=O)CN2CCN(CC(=O)NCCc3c[nH]c4ccccc34)CC2)C1. The zero-order valence-electron chi connectivity index (χ0n) is 19.5. The molecule has 3 heterocycles.